The van der Waals surface area contributed by atoms with E-state index < -0.39 is 5.92 Å². The van der Waals surface area contributed by atoms with Crippen LogP contribution in [0.5, 0.6) is 0 Å². The molecule has 3 rings (SSSR count). The summed E-state index contributed by atoms with van der Waals surface area (Å²) in [6.45, 7) is 0. The van der Waals surface area contributed by atoms with Gasteiger partial charge in [-0.3, -0.25) is 9.59 Å². The molecule has 0 aromatic rings. The van der Waals surface area contributed by atoms with E-state index in [2.05, 4.69) is 12.2 Å². The number of carbonyl (C=O) groups excluding carboxylic acids is 2. The summed E-state index contributed by atoms with van der Waals surface area (Å²) in [4.78, 5) is 26.1. The number of ketones is 1. The molecule has 3 nitrogen and oxygen atoms in total. The van der Waals surface area contributed by atoms with Crippen LogP contribution in [-0.4, -0.2) is 17.9 Å². The Balaban J connectivity index is 1.68. The normalized spacial score (nSPS) is 24.6. The van der Waals surface area contributed by atoms with Gasteiger partial charge in [-0.15, -0.1) is 0 Å². The Bertz CT molecular complexity index is 630. The summed E-state index contributed by atoms with van der Waals surface area (Å²) in [5.74, 6) is -1.09. The Labute approximate surface area is 163 Å². The van der Waals surface area contributed by atoms with Crippen molar-refractivity contribution >= 4 is 11.8 Å². The highest BCUT2D eigenvalue weighted by Gasteiger charge is 2.35. The first-order valence-corrected chi connectivity index (χ1v) is 10.7. The Kier molecular flexibility index (Phi) is 7.67. The van der Waals surface area contributed by atoms with Crippen LogP contribution < -0.4 is 0 Å². The van der Waals surface area contributed by atoms with Gasteiger partial charge in [0, 0.05) is 12.3 Å². The third kappa shape index (κ3) is 6.05. The predicted octanol–water partition coefficient (Wildman–Crippen LogP) is 5.63. The van der Waals surface area contributed by atoms with E-state index in [0.29, 0.717) is 6.42 Å². The molecule has 0 aromatic heterocycles. The van der Waals surface area contributed by atoms with Crippen molar-refractivity contribution in [1.82, 2.24) is 0 Å². The minimum absolute atomic E-state index is 0.00593. The second kappa shape index (κ2) is 10.4. The lowest BCUT2D eigenvalue weighted by Gasteiger charge is -2.27. The highest BCUT2D eigenvalue weighted by molar-refractivity contribution is 6.00. The molecule has 0 aliphatic heterocycles. The number of hydrogen-bond donors (Lipinski definition) is 0. The summed E-state index contributed by atoms with van der Waals surface area (Å²) in [5, 5.41) is 0. The third-order valence-corrected chi connectivity index (χ3v) is 5.83. The highest BCUT2D eigenvalue weighted by atomic mass is 16.5. The van der Waals surface area contributed by atoms with E-state index >= 15 is 0 Å². The van der Waals surface area contributed by atoms with Gasteiger partial charge in [0.05, 0.1) is 0 Å². The van der Waals surface area contributed by atoms with Crippen LogP contribution in [0.2, 0.25) is 0 Å². The summed E-state index contributed by atoms with van der Waals surface area (Å²) in [7, 11) is 0. The molecule has 0 bridgehead atoms. The molecule has 0 N–H and O–H groups in total. The number of ether oxygens (including phenoxy) is 1. The van der Waals surface area contributed by atoms with Crippen LogP contribution in [-0.2, 0) is 14.3 Å². The van der Waals surface area contributed by atoms with Crippen molar-refractivity contribution in [1.29, 1.82) is 0 Å². The molecule has 27 heavy (non-hydrogen) atoms. The number of esters is 1. The van der Waals surface area contributed by atoms with Gasteiger partial charge in [0.2, 0.25) is 0 Å². The number of hydrogen-bond acceptors (Lipinski definition) is 3. The molecular formula is C24H32O3. The minimum Gasteiger partial charge on any atom is -0.462 e. The summed E-state index contributed by atoms with van der Waals surface area (Å²) >= 11 is 0. The van der Waals surface area contributed by atoms with Crippen LogP contribution >= 0.6 is 0 Å². The van der Waals surface area contributed by atoms with Crippen molar-refractivity contribution in [2.45, 2.75) is 76.7 Å². The summed E-state index contributed by atoms with van der Waals surface area (Å²) < 4.78 is 5.90. The van der Waals surface area contributed by atoms with Crippen LogP contribution in [0, 0.1) is 11.8 Å². The van der Waals surface area contributed by atoms with Crippen molar-refractivity contribution in [2.75, 3.05) is 0 Å². The Morgan fingerprint density at radius 1 is 1.00 bits per heavy atom. The van der Waals surface area contributed by atoms with Crippen molar-refractivity contribution in [3.05, 3.63) is 48.1 Å². The van der Waals surface area contributed by atoms with Gasteiger partial charge in [-0.2, -0.15) is 0 Å². The maximum absolute atomic E-state index is 13.1. The average molecular weight is 369 g/mol. The zero-order valence-electron chi connectivity index (χ0n) is 16.3. The molecule has 0 aromatic carbocycles. The van der Waals surface area contributed by atoms with Crippen LogP contribution in [0.4, 0.5) is 0 Å². The van der Waals surface area contributed by atoms with Gasteiger partial charge in [-0.25, -0.2) is 0 Å². The van der Waals surface area contributed by atoms with Crippen molar-refractivity contribution in [2.24, 2.45) is 11.8 Å². The molecule has 0 amide bonds. The van der Waals surface area contributed by atoms with Gasteiger partial charge >= 0.3 is 5.97 Å². The standard InChI is InChI=1S/C24H32O3/c25-22(18-19-12-6-4-7-13-19)23(20-14-8-5-9-15-20)24(26)27-21-16-10-2-1-3-11-17-21/h5-6,8-9,12-14,20-21,23H,1-4,7,10-11,15-18H2. The first-order valence-electron chi connectivity index (χ1n) is 10.7. The molecule has 2 atom stereocenters. The average Bonchev–Trinajstić information content (AvgIpc) is 2.66. The molecule has 3 aliphatic carbocycles. The molecule has 0 spiro atoms. The zero-order chi connectivity index (χ0) is 18.9. The van der Waals surface area contributed by atoms with Gasteiger partial charge in [0.15, 0.2) is 5.78 Å². The smallest absolute Gasteiger partial charge is 0.317 e. The third-order valence-electron chi connectivity index (χ3n) is 5.83. The highest BCUT2D eigenvalue weighted by Crippen LogP contribution is 2.29. The number of rotatable bonds is 6. The van der Waals surface area contributed by atoms with E-state index in [1.165, 1.54) is 19.3 Å². The molecule has 0 saturated heterocycles. The largest absolute Gasteiger partial charge is 0.462 e. The summed E-state index contributed by atoms with van der Waals surface area (Å²) in [6.07, 6.45) is 25.0. The van der Waals surface area contributed by atoms with Gasteiger partial charge in [0.1, 0.15) is 12.0 Å². The lowest BCUT2D eigenvalue weighted by Crippen LogP contribution is -2.35. The maximum Gasteiger partial charge on any atom is 0.317 e. The summed E-state index contributed by atoms with van der Waals surface area (Å²) in [5.41, 5.74) is 1.03. The van der Waals surface area contributed by atoms with Gasteiger partial charge in [0.25, 0.3) is 0 Å². The molecule has 0 radical (unpaired) electrons. The van der Waals surface area contributed by atoms with Gasteiger partial charge < -0.3 is 4.74 Å². The first-order chi connectivity index (χ1) is 13.2. The topological polar surface area (TPSA) is 43.4 Å². The Morgan fingerprint density at radius 2 is 1.78 bits per heavy atom. The van der Waals surface area contributed by atoms with Gasteiger partial charge in [-0.05, 0) is 50.5 Å². The molecule has 146 valence electrons. The first kappa shape index (κ1) is 19.9. The monoisotopic (exact) mass is 368 g/mol. The predicted molar refractivity (Wildman–Crippen MR) is 108 cm³/mol. The molecule has 3 heteroatoms. The number of carbonyl (C=O) groups is 2. The van der Waals surface area contributed by atoms with Crippen molar-refractivity contribution in [3.8, 4) is 0 Å². The zero-order valence-corrected chi connectivity index (χ0v) is 16.3. The van der Waals surface area contributed by atoms with E-state index in [1.54, 1.807) is 0 Å². The van der Waals surface area contributed by atoms with Gasteiger partial charge in [-0.1, -0.05) is 61.8 Å². The fourth-order valence-corrected chi connectivity index (χ4v) is 4.28. The molecule has 1 saturated carbocycles. The second-order valence-electron chi connectivity index (χ2n) is 8.00. The lowest BCUT2D eigenvalue weighted by molar-refractivity contribution is -0.159. The van der Waals surface area contributed by atoms with E-state index in [0.717, 1.165) is 50.5 Å². The lowest BCUT2D eigenvalue weighted by atomic mass is 9.81. The van der Waals surface area contributed by atoms with Crippen LogP contribution in [0.3, 0.4) is 0 Å². The van der Waals surface area contributed by atoms with E-state index in [4.69, 9.17) is 4.74 Å². The molecule has 2 unspecified atom stereocenters. The van der Waals surface area contributed by atoms with Crippen molar-refractivity contribution < 1.29 is 14.3 Å². The van der Waals surface area contributed by atoms with Crippen molar-refractivity contribution in [3.63, 3.8) is 0 Å². The fraction of sp³-hybridized carbons (Fsp3) is 0.583. The van der Waals surface area contributed by atoms with Crippen LogP contribution in [0.1, 0.15) is 70.6 Å². The van der Waals surface area contributed by atoms with E-state index in [1.807, 2.05) is 30.4 Å². The summed E-state index contributed by atoms with van der Waals surface area (Å²) in [6, 6.07) is 0. The Hall–Kier alpha value is -1.90. The second-order valence-corrected chi connectivity index (χ2v) is 8.00. The number of allylic oxidation sites excluding steroid dienone is 8. The molecular weight excluding hydrogens is 336 g/mol. The SMILES string of the molecule is O=C(CC1=CCCC=C1)C(C(=O)OC1CCCCCCC1)C1C=CC=CC1. The molecule has 0 heterocycles. The number of Topliss-reactive ketones (excluding diaryl/α,β-unsaturated/α-hetero) is 1. The molecule has 1 fully saturated rings. The quantitative estimate of drug-likeness (QED) is 0.451. The van der Waals surface area contributed by atoms with Crippen LogP contribution in [0.15, 0.2) is 48.1 Å². The van der Waals surface area contributed by atoms with E-state index in [9.17, 15) is 9.59 Å². The van der Waals surface area contributed by atoms with E-state index in [-0.39, 0.29) is 23.8 Å². The maximum atomic E-state index is 13.1. The Morgan fingerprint density at radius 3 is 2.44 bits per heavy atom. The molecule has 3 aliphatic rings. The fourth-order valence-electron chi connectivity index (χ4n) is 4.28. The van der Waals surface area contributed by atoms with Crippen LogP contribution in [0.25, 0.3) is 0 Å². The minimum atomic E-state index is -0.687.